The number of benzene rings is 4. The lowest BCUT2D eigenvalue weighted by Gasteiger charge is -2.33. The molecular formula is C31H29N3O4S. The third-order valence-corrected chi connectivity index (χ3v) is 9.53. The van der Waals surface area contributed by atoms with Crippen LogP contribution in [0.2, 0.25) is 0 Å². The smallest absolute Gasteiger partial charge is 0.259 e. The van der Waals surface area contributed by atoms with E-state index in [2.05, 4.69) is 5.32 Å². The summed E-state index contributed by atoms with van der Waals surface area (Å²) >= 11 is 0. The Balaban J connectivity index is 1.31. The van der Waals surface area contributed by atoms with Crippen LogP contribution in [0.3, 0.4) is 0 Å². The molecule has 0 aromatic heterocycles. The van der Waals surface area contributed by atoms with Gasteiger partial charge in [-0.3, -0.25) is 9.59 Å². The lowest BCUT2D eigenvalue weighted by atomic mass is 10.0. The molecule has 6 rings (SSSR count). The summed E-state index contributed by atoms with van der Waals surface area (Å²) in [4.78, 5) is 28.9. The highest BCUT2D eigenvalue weighted by Crippen LogP contribution is 2.41. The third-order valence-electron chi connectivity index (χ3n) is 7.61. The zero-order chi connectivity index (χ0) is 27.1. The molecule has 1 saturated heterocycles. The summed E-state index contributed by atoms with van der Waals surface area (Å²) in [6.07, 6.45) is 1.92. The molecule has 198 valence electrons. The van der Waals surface area contributed by atoms with E-state index in [1.165, 1.54) is 4.31 Å². The lowest BCUT2D eigenvalue weighted by Crippen LogP contribution is -2.49. The van der Waals surface area contributed by atoms with E-state index >= 15 is 0 Å². The molecule has 39 heavy (non-hydrogen) atoms. The number of sulfonamides is 1. The van der Waals surface area contributed by atoms with Crippen molar-refractivity contribution in [3.05, 3.63) is 102 Å². The maximum absolute atomic E-state index is 13.6. The molecule has 1 N–H and O–H groups in total. The van der Waals surface area contributed by atoms with Crippen LogP contribution >= 0.6 is 0 Å². The van der Waals surface area contributed by atoms with E-state index in [4.69, 9.17) is 0 Å². The van der Waals surface area contributed by atoms with Gasteiger partial charge in [-0.2, -0.15) is 4.31 Å². The average molecular weight is 540 g/mol. The highest BCUT2D eigenvalue weighted by Gasteiger charge is 2.38. The molecule has 0 bridgehead atoms. The van der Waals surface area contributed by atoms with E-state index in [0.29, 0.717) is 37.2 Å². The van der Waals surface area contributed by atoms with Crippen molar-refractivity contribution < 1.29 is 18.0 Å². The van der Waals surface area contributed by atoms with Gasteiger partial charge in [-0.15, -0.1) is 0 Å². The number of anilines is 2. The number of hydrogen-bond acceptors (Lipinski definition) is 4. The molecule has 0 aliphatic carbocycles. The van der Waals surface area contributed by atoms with Crippen LogP contribution in [-0.4, -0.2) is 37.1 Å². The maximum atomic E-state index is 13.6. The number of piperidine rings is 1. The Morgan fingerprint density at radius 1 is 0.923 bits per heavy atom. The molecular weight excluding hydrogens is 510 g/mol. The Hall–Kier alpha value is -4.01. The zero-order valence-corrected chi connectivity index (χ0v) is 22.4. The van der Waals surface area contributed by atoms with Crippen molar-refractivity contribution in [3.8, 4) is 0 Å². The molecule has 2 aliphatic heterocycles. The Morgan fingerprint density at radius 3 is 2.46 bits per heavy atom. The van der Waals surface area contributed by atoms with Crippen LogP contribution in [0.5, 0.6) is 0 Å². The van der Waals surface area contributed by atoms with E-state index in [-0.39, 0.29) is 16.7 Å². The quantitative estimate of drug-likeness (QED) is 0.351. The van der Waals surface area contributed by atoms with Gasteiger partial charge >= 0.3 is 0 Å². The van der Waals surface area contributed by atoms with E-state index in [9.17, 15) is 18.0 Å². The molecule has 8 heteroatoms. The van der Waals surface area contributed by atoms with Crippen molar-refractivity contribution in [1.82, 2.24) is 4.31 Å². The minimum absolute atomic E-state index is 0.0782. The second kappa shape index (κ2) is 9.94. The molecule has 4 aromatic carbocycles. The first-order valence-corrected chi connectivity index (χ1v) is 14.6. The Labute approximate surface area is 228 Å². The van der Waals surface area contributed by atoms with Crippen LogP contribution in [0.1, 0.15) is 40.7 Å². The fraction of sp³-hybridized carbons (Fsp3) is 0.226. The summed E-state index contributed by atoms with van der Waals surface area (Å²) in [5, 5.41) is 4.55. The van der Waals surface area contributed by atoms with Crippen molar-refractivity contribution in [2.45, 2.75) is 43.7 Å². The SMILES string of the molecule is Cc1ccc(S(=O)(=O)N2CCCCC2C(=O)Nc2ccc3c4c(cccc24)C(=O)N3Cc2ccccc2)cc1. The van der Waals surface area contributed by atoms with Crippen LogP contribution < -0.4 is 10.2 Å². The number of carbonyl (C=O) groups is 2. The van der Waals surface area contributed by atoms with Gasteiger partial charge in [0.1, 0.15) is 6.04 Å². The van der Waals surface area contributed by atoms with Gasteiger partial charge in [-0.25, -0.2) is 8.42 Å². The number of amides is 2. The van der Waals surface area contributed by atoms with E-state index in [0.717, 1.165) is 34.0 Å². The minimum Gasteiger partial charge on any atom is -0.324 e. The van der Waals surface area contributed by atoms with Crippen LogP contribution in [0.15, 0.2) is 89.8 Å². The third kappa shape index (κ3) is 4.49. The fourth-order valence-electron chi connectivity index (χ4n) is 5.59. The summed E-state index contributed by atoms with van der Waals surface area (Å²) < 4.78 is 28.3. The number of nitrogens with one attached hydrogen (secondary N) is 1. The van der Waals surface area contributed by atoms with Gasteiger partial charge in [0, 0.05) is 28.6 Å². The highest BCUT2D eigenvalue weighted by molar-refractivity contribution is 7.89. The molecule has 0 spiro atoms. The van der Waals surface area contributed by atoms with Crippen LogP contribution in [0.4, 0.5) is 11.4 Å². The molecule has 4 aromatic rings. The van der Waals surface area contributed by atoms with Gasteiger partial charge in [0.25, 0.3) is 5.91 Å². The van der Waals surface area contributed by atoms with Crippen LogP contribution in [-0.2, 0) is 21.4 Å². The van der Waals surface area contributed by atoms with Crippen LogP contribution in [0, 0.1) is 6.92 Å². The Kier molecular flexibility index (Phi) is 6.45. The molecule has 7 nitrogen and oxygen atoms in total. The van der Waals surface area contributed by atoms with Gasteiger partial charge in [-0.05, 0) is 55.7 Å². The number of rotatable bonds is 6. The maximum Gasteiger partial charge on any atom is 0.259 e. The Morgan fingerprint density at radius 2 is 1.69 bits per heavy atom. The van der Waals surface area contributed by atoms with E-state index < -0.39 is 16.1 Å². The number of carbonyl (C=O) groups excluding carboxylic acids is 2. The molecule has 2 amide bonds. The second-order valence-electron chi connectivity index (χ2n) is 10.2. The monoisotopic (exact) mass is 539 g/mol. The molecule has 1 atom stereocenters. The number of hydrogen-bond donors (Lipinski definition) is 1. The first kappa shape index (κ1) is 25.3. The van der Waals surface area contributed by atoms with E-state index in [1.807, 2.05) is 61.5 Å². The molecule has 1 unspecified atom stereocenters. The predicted molar refractivity (Wildman–Crippen MR) is 152 cm³/mol. The second-order valence-corrected chi connectivity index (χ2v) is 12.1. The van der Waals surface area contributed by atoms with Crippen molar-refractivity contribution >= 4 is 44.0 Å². The topological polar surface area (TPSA) is 86.8 Å². The summed E-state index contributed by atoms with van der Waals surface area (Å²) in [6, 6.07) is 24.9. The highest BCUT2D eigenvalue weighted by atomic mass is 32.2. The molecule has 0 radical (unpaired) electrons. The lowest BCUT2D eigenvalue weighted by molar-refractivity contribution is -0.120. The first-order valence-electron chi connectivity index (χ1n) is 13.2. The van der Waals surface area contributed by atoms with Gasteiger partial charge in [0.05, 0.1) is 17.1 Å². The normalized spacial score (nSPS) is 17.5. The first-order chi connectivity index (χ1) is 18.8. The van der Waals surface area contributed by atoms with Gasteiger partial charge in [0.15, 0.2) is 0 Å². The van der Waals surface area contributed by atoms with Gasteiger partial charge in [-0.1, -0.05) is 66.6 Å². The largest absolute Gasteiger partial charge is 0.324 e. The van der Waals surface area contributed by atoms with Crippen molar-refractivity contribution in [1.29, 1.82) is 0 Å². The standard InChI is InChI=1S/C31H29N3O4S/c1-21-13-15-23(16-14-21)39(37,38)34-19-6-5-12-28(34)30(35)32-26-17-18-27-29-24(26)10-7-11-25(29)31(36)33(27)20-22-8-3-2-4-9-22/h2-4,7-11,13-18,28H,5-6,12,19-20H2,1H3,(H,32,35). The van der Waals surface area contributed by atoms with E-state index in [1.54, 1.807) is 35.2 Å². The van der Waals surface area contributed by atoms with Crippen molar-refractivity contribution in [2.24, 2.45) is 0 Å². The summed E-state index contributed by atoms with van der Waals surface area (Å²) in [6.45, 7) is 2.64. The summed E-state index contributed by atoms with van der Waals surface area (Å²) in [5.41, 5.74) is 3.95. The molecule has 2 aliphatic rings. The van der Waals surface area contributed by atoms with Gasteiger partial charge in [0.2, 0.25) is 15.9 Å². The van der Waals surface area contributed by atoms with Crippen LogP contribution in [0.25, 0.3) is 10.8 Å². The number of nitrogens with zero attached hydrogens (tertiary/aromatic N) is 2. The van der Waals surface area contributed by atoms with Gasteiger partial charge < -0.3 is 10.2 Å². The summed E-state index contributed by atoms with van der Waals surface area (Å²) in [5.74, 6) is -0.442. The summed E-state index contributed by atoms with van der Waals surface area (Å²) in [7, 11) is -3.83. The Bertz CT molecular complexity index is 1680. The average Bonchev–Trinajstić information content (AvgIpc) is 3.22. The molecule has 1 fully saturated rings. The van der Waals surface area contributed by atoms with Crippen molar-refractivity contribution in [2.75, 3.05) is 16.8 Å². The number of aryl methyl sites for hydroxylation is 1. The minimum atomic E-state index is -3.83. The fourth-order valence-corrected chi connectivity index (χ4v) is 7.25. The van der Waals surface area contributed by atoms with Crippen molar-refractivity contribution in [3.63, 3.8) is 0 Å². The predicted octanol–water partition coefficient (Wildman–Crippen LogP) is 5.49. The molecule has 2 heterocycles. The molecule has 0 saturated carbocycles. The zero-order valence-electron chi connectivity index (χ0n) is 21.6.